The SMILES string of the molecule is CC(C)C(CNC(C)(C)C)N(C)C1CCOC1C. The molecule has 1 aliphatic rings. The summed E-state index contributed by atoms with van der Waals surface area (Å²) in [6.45, 7) is 15.5. The molecule has 1 saturated heterocycles. The molecule has 0 bridgehead atoms. The summed E-state index contributed by atoms with van der Waals surface area (Å²) >= 11 is 0. The summed E-state index contributed by atoms with van der Waals surface area (Å²) in [7, 11) is 2.25. The van der Waals surface area contributed by atoms with E-state index in [-0.39, 0.29) is 5.54 Å². The normalized spacial score (nSPS) is 27.2. The molecule has 0 aromatic rings. The quantitative estimate of drug-likeness (QED) is 0.818. The van der Waals surface area contributed by atoms with Crippen LogP contribution in [0.5, 0.6) is 0 Å². The number of nitrogens with one attached hydrogen (secondary N) is 1. The van der Waals surface area contributed by atoms with E-state index in [2.05, 4.69) is 58.8 Å². The van der Waals surface area contributed by atoms with Crippen LogP contribution in [0.4, 0.5) is 0 Å². The van der Waals surface area contributed by atoms with E-state index in [0.717, 1.165) is 19.6 Å². The number of nitrogens with zero attached hydrogens (tertiary/aromatic N) is 1. The first-order valence-corrected chi connectivity index (χ1v) is 7.31. The first kappa shape index (κ1) is 15.9. The van der Waals surface area contributed by atoms with Crippen molar-refractivity contribution in [1.29, 1.82) is 0 Å². The van der Waals surface area contributed by atoms with Crippen LogP contribution in [0.1, 0.15) is 48.0 Å². The van der Waals surface area contributed by atoms with Gasteiger partial charge < -0.3 is 10.1 Å². The van der Waals surface area contributed by atoms with Crippen LogP contribution in [0.25, 0.3) is 0 Å². The van der Waals surface area contributed by atoms with Gasteiger partial charge in [-0.25, -0.2) is 0 Å². The lowest BCUT2D eigenvalue weighted by atomic mass is 9.97. The van der Waals surface area contributed by atoms with Gasteiger partial charge in [0.25, 0.3) is 0 Å². The van der Waals surface area contributed by atoms with Crippen molar-refractivity contribution in [2.75, 3.05) is 20.2 Å². The smallest absolute Gasteiger partial charge is 0.0703 e. The fraction of sp³-hybridized carbons (Fsp3) is 1.00. The summed E-state index contributed by atoms with van der Waals surface area (Å²) in [5.74, 6) is 0.651. The molecular formula is C15H32N2O. The van der Waals surface area contributed by atoms with Crippen LogP contribution in [-0.4, -0.2) is 48.8 Å². The Morgan fingerprint density at radius 2 is 1.94 bits per heavy atom. The van der Waals surface area contributed by atoms with Gasteiger partial charge in [-0.15, -0.1) is 0 Å². The van der Waals surface area contributed by atoms with Crippen LogP contribution in [0.2, 0.25) is 0 Å². The van der Waals surface area contributed by atoms with Crippen LogP contribution < -0.4 is 5.32 Å². The molecule has 1 heterocycles. The zero-order valence-corrected chi connectivity index (χ0v) is 13.3. The Morgan fingerprint density at radius 1 is 1.33 bits per heavy atom. The third kappa shape index (κ3) is 4.52. The molecule has 0 aliphatic carbocycles. The second-order valence-electron chi connectivity index (χ2n) is 7.04. The molecule has 3 atom stereocenters. The van der Waals surface area contributed by atoms with Crippen LogP contribution in [0.3, 0.4) is 0 Å². The Hall–Kier alpha value is -0.120. The maximum Gasteiger partial charge on any atom is 0.0703 e. The summed E-state index contributed by atoms with van der Waals surface area (Å²) in [5.41, 5.74) is 0.186. The molecule has 3 heteroatoms. The van der Waals surface area contributed by atoms with E-state index in [9.17, 15) is 0 Å². The maximum atomic E-state index is 5.70. The molecule has 0 spiro atoms. The molecule has 18 heavy (non-hydrogen) atoms. The standard InChI is InChI=1S/C15H32N2O/c1-11(2)14(10-16-15(4,5)6)17(7)13-8-9-18-12(13)3/h11-14,16H,8-10H2,1-7H3. The molecular weight excluding hydrogens is 224 g/mol. The number of likely N-dealkylation sites (N-methyl/N-ethyl adjacent to an activating group) is 1. The Kier molecular flexibility index (Phi) is 5.63. The van der Waals surface area contributed by atoms with Crippen molar-refractivity contribution in [1.82, 2.24) is 10.2 Å². The molecule has 3 nitrogen and oxygen atoms in total. The molecule has 1 rings (SSSR count). The van der Waals surface area contributed by atoms with Crippen molar-refractivity contribution < 1.29 is 4.74 Å². The zero-order chi connectivity index (χ0) is 13.9. The van der Waals surface area contributed by atoms with E-state index >= 15 is 0 Å². The van der Waals surface area contributed by atoms with E-state index in [0.29, 0.717) is 24.1 Å². The highest BCUT2D eigenvalue weighted by molar-refractivity contribution is 4.88. The predicted molar refractivity (Wildman–Crippen MR) is 78.0 cm³/mol. The van der Waals surface area contributed by atoms with Gasteiger partial charge in [0.05, 0.1) is 6.10 Å². The van der Waals surface area contributed by atoms with Gasteiger partial charge in [-0.05, 0) is 47.1 Å². The molecule has 0 aromatic carbocycles. The van der Waals surface area contributed by atoms with Crippen molar-refractivity contribution in [2.24, 2.45) is 5.92 Å². The minimum absolute atomic E-state index is 0.186. The summed E-state index contributed by atoms with van der Waals surface area (Å²) in [5, 5.41) is 3.64. The minimum atomic E-state index is 0.186. The lowest BCUT2D eigenvalue weighted by Gasteiger charge is -2.38. The fourth-order valence-corrected chi connectivity index (χ4v) is 2.76. The van der Waals surface area contributed by atoms with Gasteiger partial charge in [0.15, 0.2) is 0 Å². The molecule has 108 valence electrons. The molecule has 0 aromatic heterocycles. The molecule has 0 radical (unpaired) electrons. The maximum absolute atomic E-state index is 5.70. The van der Waals surface area contributed by atoms with Crippen LogP contribution in [0.15, 0.2) is 0 Å². The lowest BCUT2D eigenvalue weighted by molar-refractivity contribution is 0.0548. The first-order valence-electron chi connectivity index (χ1n) is 7.31. The minimum Gasteiger partial charge on any atom is -0.377 e. The highest BCUT2D eigenvalue weighted by atomic mass is 16.5. The summed E-state index contributed by atoms with van der Waals surface area (Å²) in [6, 6.07) is 1.14. The van der Waals surface area contributed by atoms with Crippen molar-refractivity contribution in [3.63, 3.8) is 0 Å². The Labute approximate surface area is 113 Å². The summed E-state index contributed by atoms with van der Waals surface area (Å²) < 4.78 is 5.70. The second-order valence-corrected chi connectivity index (χ2v) is 7.04. The van der Waals surface area contributed by atoms with E-state index in [1.54, 1.807) is 0 Å². The Bertz CT molecular complexity index is 247. The Morgan fingerprint density at radius 3 is 2.33 bits per heavy atom. The predicted octanol–water partition coefficient (Wildman–Crippen LogP) is 2.51. The van der Waals surface area contributed by atoms with Gasteiger partial charge in [0.1, 0.15) is 0 Å². The highest BCUT2D eigenvalue weighted by Gasteiger charge is 2.33. The molecule has 1 fully saturated rings. The van der Waals surface area contributed by atoms with Crippen molar-refractivity contribution in [2.45, 2.75) is 71.7 Å². The number of ether oxygens (including phenoxy) is 1. The van der Waals surface area contributed by atoms with Gasteiger partial charge in [-0.3, -0.25) is 4.90 Å². The van der Waals surface area contributed by atoms with Crippen LogP contribution >= 0.6 is 0 Å². The average Bonchev–Trinajstić information content (AvgIpc) is 2.62. The number of hydrogen-bond donors (Lipinski definition) is 1. The van der Waals surface area contributed by atoms with E-state index < -0.39 is 0 Å². The van der Waals surface area contributed by atoms with Gasteiger partial charge in [-0.2, -0.15) is 0 Å². The van der Waals surface area contributed by atoms with Crippen molar-refractivity contribution >= 4 is 0 Å². The second kappa shape index (κ2) is 6.36. The average molecular weight is 256 g/mol. The molecule has 1 N–H and O–H groups in total. The van der Waals surface area contributed by atoms with Crippen molar-refractivity contribution in [3.8, 4) is 0 Å². The van der Waals surface area contributed by atoms with Crippen LogP contribution in [-0.2, 0) is 4.74 Å². The van der Waals surface area contributed by atoms with E-state index in [4.69, 9.17) is 4.74 Å². The van der Waals surface area contributed by atoms with E-state index in [1.807, 2.05) is 0 Å². The third-order valence-electron chi connectivity index (χ3n) is 3.99. The summed E-state index contributed by atoms with van der Waals surface area (Å²) in [6.07, 6.45) is 1.53. The summed E-state index contributed by atoms with van der Waals surface area (Å²) in [4.78, 5) is 2.53. The van der Waals surface area contributed by atoms with Gasteiger partial charge in [-0.1, -0.05) is 13.8 Å². The third-order valence-corrected chi connectivity index (χ3v) is 3.99. The first-order chi connectivity index (χ1) is 8.22. The lowest BCUT2D eigenvalue weighted by Crippen LogP contribution is -2.53. The number of hydrogen-bond acceptors (Lipinski definition) is 3. The van der Waals surface area contributed by atoms with Gasteiger partial charge in [0.2, 0.25) is 0 Å². The van der Waals surface area contributed by atoms with E-state index in [1.165, 1.54) is 0 Å². The van der Waals surface area contributed by atoms with Gasteiger partial charge in [0, 0.05) is 30.8 Å². The van der Waals surface area contributed by atoms with Crippen molar-refractivity contribution in [3.05, 3.63) is 0 Å². The molecule has 0 amide bonds. The van der Waals surface area contributed by atoms with Gasteiger partial charge >= 0.3 is 0 Å². The number of rotatable bonds is 5. The zero-order valence-electron chi connectivity index (χ0n) is 13.3. The molecule has 0 saturated carbocycles. The fourth-order valence-electron chi connectivity index (χ4n) is 2.76. The topological polar surface area (TPSA) is 24.5 Å². The largest absolute Gasteiger partial charge is 0.377 e. The molecule has 1 aliphatic heterocycles. The highest BCUT2D eigenvalue weighted by Crippen LogP contribution is 2.23. The van der Waals surface area contributed by atoms with Crippen LogP contribution in [0, 0.1) is 5.92 Å². The monoisotopic (exact) mass is 256 g/mol. The Balaban J connectivity index is 2.60. The molecule has 3 unspecified atom stereocenters.